The van der Waals surface area contributed by atoms with Crippen molar-refractivity contribution >= 4 is 28.4 Å². The largest absolute Gasteiger partial charge is 0.361 e. The topological polar surface area (TPSA) is 74.7 Å². The van der Waals surface area contributed by atoms with Gasteiger partial charge in [-0.15, -0.1) is 0 Å². The molecular formula is C16H19N5O. The van der Waals surface area contributed by atoms with Crippen LogP contribution >= 0.6 is 0 Å². The number of rotatable bonds is 4. The maximum absolute atomic E-state index is 12.0. The zero-order valence-corrected chi connectivity index (χ0v) is 12.6. The van der Waals surface area contributed by atoms with Crippen LogP contribution in [0.3, 0.4) is 0 Å². The molecule has 2 heterocycles. The molecule has 0 saturated carbocycles. The van der Waals surface area contributed by atoms with Gasteiger partial charge in [-0.05, 0) is 29.5 Å². The number of benzene rings is 1. The molecular weight excluding hydrogens is 278 g/mol. The fourth-order valence-electron chi connectivity index (χ4n) is 2.31. The molecule has 0 spiro atoms. The zero-order chi connectivity index (χ0) is 15.5. The van der Waals surface area contributed by atoms with Crippen LogP contribution in [0.4, 0.5) is 16.3 Å². The van der Waals surface area contributed by atoms with E-state index in [9.17, 15) is 4.79 Å². The second-order valence-electron chi connectivity index (χ2n) is 5.68. The monoisotopic (exact) mass is 297 g/mol. The lowest BCUT2D eigenvalue weighted by atomic mass is 10.2. The Balaban J connectivity index is 1.63. The van der Waals surface area contributed by atoms with Crippen LogP contribution in [0.15, 0.2) is 42.7 Å². The Bertz CT molecular complexity index is 787. The maximum atomic E-state index is 12.0. The minimum atomic E-state index is -0.305. The first-order chi connectivity index (χ1) is 10.6. The number of anilines is 2. The molecule has 0 aliphatic carbocycles. The number of fused-ring (bicyclic) bond motifs is 1. The summed E-state index contributed by atoms with van der Waals surface area (Å²) in [5.41, 5.74) is 1.72. The van der Waals surface area contributed by atoms with Crippen molar-refractivity contribution in [2.75, 3.05) is 10.6 Å². The van der Waals surface area contributed by atoms with Gasteiger partial charge in [0, 0.05) is 36.2 Å². The van der Waals surface area contributed by atoms with Crippen molar-refractivity contribution < 1.29 is 4.79 Å². The number of carbonyl (C=O) groups excluding carboxylic acids is 1. The van der Waals surface area contributed by atoms with Gasteiger partial charge in [-0.1, -0.05) is 19.9 Å². The van der Waals surface area contributed by atoms with Crippen molar-refractivity contribution in [3.63, 3.8) is 0 Å². The summed E-state index contributed by atoms with van der Waals surface area (Å²) in [6.07, 6.45) is 3.73. The van der Waals surface area contributed by atoms with E-state index in [1.54, 1.807) is 6.07 Å². The van der Waals surface area contributed by atoms with Crippen molar-refractivity contribution in [3.8, 4) is 0 Å². The third kappa shape index (κ3) is 3.28. The second-order valence-corrected chi connectivity index (χ2v) is 5.68. The van der Waals surface area contributed by atoms with Gasteiger partial charge in [-0.2, -0.15) is 5.10 Å². The number of carbonyl (C=O) groups is 1. The highest BCUT2D eigenvalue weighted by Gasteiger charge is 2.06. The second kappa shape index (κ2) is 5.93. The lowest BCUT2D eigenvalue weighted by Gasteiger charge is -2.06. The summed E-state index contributed by atoms with van der Waals surface area (Å²) < 4.78 is 1.82. The summed E-state index contributed by atoms with van der Waals surface area (Å²) in [6.45, 7) is 5.07. The quantitative estimate of drug-likeness (QED) is 0.687. The van der Waals surface area contributed by atoms with Crippen LogP contribution in [-0.4, -0.2) is 20.8 Å². The molecule has 6 heteroatoms. The van der Waals surface area contributed by atoms with Gasteiger partial charge in [-0.25, -0.2) is 4.79 Å². The molecule has 0 bridgehead atoms. The Labute approximate surface area is 128 Å². The minimum absolute atomic E-state index is 0.305. The number of hydrogen-bond acceptors (Lipinski definition) is 2. The smallest absolute Gasteiger partial charge is 0.324 e. The number of amides is 2. The SMILES string of the molecule is CC(C)Cn1ccc(NC(=O)Nc2ccc3cc[nH]c3c2)n1. The van der Waals surface area contributed by atoms with Gasteiger partial charge in [0.25, 0.3) is 0 Å². The Hall–Kier alpha value is -2.76. The summed E-state index contributed by atoms with van der Waals surface area (Å²) >= 11 is 0. The predicted octanol–water partition coefficient (Wildman–Crippen LogP) is 3.66. The summed E-state index contributed by atoms with van der Waals surface area (Å²) in [5, 5.41) is 11.0. The molecule has 0 aliphatic heterocycles. The van der Waals surface area contributed by atoms with Crippen LogP contribution < -0.4 is 10.6 Å². The van der Waals surface area contributed by atoms with E-state index in [0.717, 1.165) is 23.1 Å². The number of aromatic nitrogens is 3. The van der Waals surface area contributed by atoms with Crippen LogP contribution in [0.2, 0.25) is 0 Å². The number of hydrogen-bond donors (Lipinski definition) is 3. The minimum Gasteiger partial charge on any atom is -0.361 e. The summed E-state index contributed by atoms with van der Waals surface area (Å²) in [7, 11) is 0. The number of H-pyrrole nitrogens is 1. The number of nitrogens with zero attached hydrogens (tertiary/aromatic N) is 2. The molecule has 2 amide bonds. The standard InChI is InChI=1S/C16H19N5O/c1-11(2)10-21-8-6-15(20-21)19-16(22)18-13-4-3-12-5-7-17-14(12)9-13/h3-9,11,17H,10H2,1-2H3,(H2,18,19,20,22). The van der Waals surface area contributed by atoms with E-state index < -0.39 is 0 Å². The van der Waals surface area contributed by atoms with Gasteiger partial charge in [0.15, 0.2) is 5.82 Å². The predicted molar refractivity (Wildman–Crippen MR) is 88.0 cm³/mol. The van der Waals surface area contributed by atoms with Crippen LogP contribution in [0.5, 0.6) is 0 Å². The summed E-state index contributed by atoms with van der Waals surface area (Å²) in [5.74, 6) is 1.05. The van der Waals surface area contributed by atoms with Crippen LogP contribution in [0, 0.1) is 5.92 Å². The average molecular weight is 297 g/mol. The first kappa shape index (κ1) is 14.2. The van der Waals surface area contributed by atoms with E-state index in [1.165, 1.54) is 0 Å². The van der Waals surface area contributed by atoms with E-state index >= 15 is 0 Å². The number of urea groups is 1. The van der Waals surface area contributed by atoms with Gasteiger partial charge in [0.1, 0.15) is 0 Å². The van der Waals surface area contributed by atoms with Crippen LogP contribution in [0.25, 0.3) is 10.9 Å². The Kier molecular flexibility index (Phi) is 3.82. The highest BCUT2D eigenvalue weighted by atomic mass is 16.2. The van der Waals surface area contributed by atoms with Gasteiger partial charge >= 0.3 is 6.03 Å². The number of nitrogens with one attached hydrogen (secondary N) is 3. The molecule has 0 atom stereocenters. The van der Waals surface area contributed by atoms with Crippen molar-refractivity contribution in [2.45, 2.75) is 20.4 Å². The highest BCUT2D eigenvalue weighted by Crippen LogP contribution is 2.17. The van der Waals surface area contributed by atoms with Gasteiger partial charge in [0.2, 0.25) is 0 Å². The van der Waals surface area contributed by atoms with Gasteiger partial charge < -0.3 is 10.3 Å². The van der Waals surface area contributed by atoms with Crippen LogP contribution in [0.1, 0.15) is 13.8 Å². The summed E-state index contributed by atoms with van der Waals surface area (Å²) in [6, 6.07) is 9.19. The number of aromatic amines is 1. The van der Waals surface area contributed by atoms with E-state index in [2.05, 4.69) is 34.6 Å². The van der Waals surface area contributed by atoms with Gasteiger partial charge in [-0.3, -0.25) is 10.00 Å². The van der Waals surface area contributed by atoms with Gasteiger partial charge in [0.05, 0.1) is 0 Å². The molecule has 114 valence electrons. The molecule has 0 aliphatic rings. The third-order valence-electron chi connectivity index (χ3n) is 3.25. The lowest BCUT2D eigenvalue weighted by Crippen LogP contribution is -2.20. The van der Waals surface area contributed by atoms with E-state index in [-0.39, 0.29) is 6.03 Å². The molecule has 2 aromatic heterocycles. The molecule has 0 radical (unpaired) electrons. The molecule has 1 aromatic carbocycles. The van der Waals surface area contributed by atoms with Crippen molar-refractivity contribution in [1.82, 2.24) is 14.8 Å². The maximum Gasteiger partial charge on any atom is 0.324 e. The Morgan fingerprint density at radius 2 is 2.14 bits per heavy atom. The molecule has 3 aromatic rings. The molecule has 0 unspecified atom stereocenters. The molecule has 6 nitrogen and oxygen atoms in total. The molecule has 0 fully saturated rings. The molecule has 0 saturated heterocycles. The van der Waals surface area contributed by atoms with Crippen molar-refractivity contribution in [3.05, 3.63) is 42.7 Å². The van der Waals surface area contributed by atoms with E-state index in [4.69, 9.17) is 0 Å². The molecule has 3 rings (SSSR count). The first-order valence-electron chi connectivity index (χ1n) is 7.29. The van der Waals surface area contributed by atoms with Crippen molar-refractivity contribution in [1.29, 1.82) is 0 Å². The normalized spacial score (nSPS) is 11.0. The van der Waals surface area contributed by atoms with Crippen molar-refractivity contribution in [2.24, 2.45) is 5.92 Å². The third-order valence-corrected chi connectivity index (χ3v) is 3.25. The zero-order valence-electron chi connectivity index (χ0n) is 12.6. The molecule has 3 N–H and O–H groups in total. The summed E-state index contributed by atoms with van der Waals surface area (Å²) in [4.78, 5) is 15.1. The fraction of sp³-hybridized carbons (Fsp3) is 0.250. The lowest BCUT2D eigenvalue weighted by molar-refractivity contribution is 0.262. The fourth-order valence-corrected chi connectivity index (χ4v) is 2.31. The first-order valence-corrected chi connectivity index (χ1v) is 7.29. The average Bonchev–Trinajstić information content (AvgIpc) is 3.06. The molecule has 22 heavy (non-hydrogen) atoms. The van der Waals surface area contributed by atoms with E-state index in [0.29, 0.717) is 11.7 Å². The Morgan fingerprint density at radius 3 is 2.95 bits per heavy atom. The Morgan fingerprint density at radius 1 is 1.27 bits per heavy atom. The van der Waals surface area contributed by atoms with Crippen LogP contribution in [-0.2, 0) is 6.54 Å². The van der Waals surface area contributed by atoms with E-state index in [1.807, 2.05) is 41.3 Å². The highest BCUT2D eigenvalue weighted by molar-refractivity contribution is 6.00.